The van der Waals surface area contributed by atoms with E-state index in [1.165, 1.54) is 6.07 Å². The normalized spacial score (nSPS) is 19.2. The van der Waals surface area contributed by atoms with Gasteiger partial charge >= 0.3 is 6.03 Å². The first-order valence-corrected chi connectivity index (χ1v) is 9.53. The number of nitrogens with zero attached hydrogens (tertiary/aromatic N) is 1. The zero-order chi connectivity index (χ0) is 19.3. The van der Waals surface area contributed by atoms with Crippen LogP contribution in [0.1, 0.15) is 18.4 Å². The predicted molar refractivity (Wildman–Crippen MR) is 106 cm³/mol. The molecule has 0 aliphatic carbocycles. The van der Waals surface area contributed by atoms with Gasteiger partial charge in [0, 0.05) is 30.8 Å². The second kappa shape index (κ2) is 8.44. The second-order valence-electron chi connectivity index (χ2n) is 6.96. The molecular weight excluding hydrogens is 359 g/mol. The van der Waals surface area contributed by atoms with Crippen LogP contribution in [0.3, 0.4) is 0 Å². The molecule has 0 radical (unpaired) electrons. The zero-order valence-corrected chi connectivity index (χ0v) is 15.6. The molecule has 146 valence electrons. The highest BCUT2D eigenvalue weighted by atomic mass is 19.1. The van der Waals surface area contributed by atoms with Crippen LogP contribution in [0, 0.1) is 5.82 Å². The minimum Gasteiger partial charge on any atom is -0.488 e. The number of hydrogen-bond acceptors (Lipinski definition) is 3. The largest absolute Gasteiger partial charge is 0.488 e. The summed E-state index contributed by atoms with van der Waals surface area (Å²) in [7, 11) is 0. The molecule has 5 nitrogen and oxygen atoms in total. The highest BCUT2D eigenvalue weighted by molar-refractivity contribution is 5.90. The summed E-state index contributed by atoms with van der Waals surface area (Å²) in [6.45, 7) is 2.37. The molecule has 28 heavy (non-hydrogen) atoms. The lowest BCUT2D eigenvalue weighted by molar-refractivity contribution is 0.141. The average Bonchev–Trinajstić information content (AvgIpc) is 3.23. The number of benzene rings is 2. The fourth-order valence-electron chi connectivity index (χ4n) is 3.44. The van der Waals surface area contributed by atoms with Gasteiger partial charge in [-0.1, -0.05) is 24.3 Å². The monoisotopic (exact) mass is 382 g/mol. The first-order valence-electron chi connectivity index (χ1n) is 9.53. The molecule has 1 atom stereocenters. The van der Waals surface area contributed by atoms with Crippen LogP contribution in [0.5, 0.6) is 5.75 Å². The van der Waals surface area contributed by atoms with Gasteiger partial charge in [0.15, 0.2) is 0 Å². The van der Waals surface area contributed by atoms with Crippen molar-refractivity contribution >= 4 is 17.3 Å². The number of urea groups is 1. The summed E-state index contributed by atoms with van der Waals surface area (Å²) in [6, 6.07) is 13.9. The summed E-state index contributed by atoms with van der Waals surface area (Å²) in [5.74, 6) is 0.544. The molecule has 0 aromatic heterocycles. The van der Waals surface area contributed by atoms with Crippen molar-refractivity contribution in [1.82, 2.24) is 4.90 Å². The lowest BCUT2D eigenvalue weighted by Crippen LogP contribution is -2.37. The number of nitrogens with one attached hydrogen (secondary N) is 1. The minimum atomic E-state index is -0.224. The van der Waals surface area contributed by atoms with Crippen molar-refractivity contribution in [3.05, 3.63) is 66.0 Å². The van der Waals surface area contributed by atoms with Crippen LogP contribution in [-0.2, 0) is 4.74 Å². The van der Waals surface area contributed by atoms with E-state index in [0.29, 0.717) is 37.4 Å². The first-order chi connectivity index (χ1) is 13.7. The van der Waals surface area contributed by atoms with Gasteiger partial charge in [0.25, 0.3) is 0 Å². The molecule has 0 bridgehead atoms. The molecular formula is C22H23FN2O3. The van der Waals surface area contributed by atoms with E-state index in [-0.39, 0.29) is 18.0 Å². The highest BCUT2D eigenvalue weighted by Crippen LogP contribution is 2.25. The van der Waals surface area contributed by atoms with Crippen molar-refractivity contribution in [2.75, 3.05) is 31.6 Å². The summed E-state index contributed by atoms with van der Waals surface area (Å²) in [5.41, 5.74) is 2.27. The Morgan fingerprint density at radius 1 is 1.18 bits per heavy atom. The van der Waals surface area contributed by atoms with Crippen LogP contribution in [0.2, 0.25) is 0 Å². The number of ether oxygens (including phenoxy) is 2. The summed E-state index contributed by atoms with van der Waals surface area (Å²) < 4.78 is 25.1. The van der Waals surface area contributed by atoms with Crippen molar-refractivity contribution in [3.8, 4) is 5.75 Å². The molecule has 2 aliphatic heterocycles. The lowest BCUT2D eigenvalue weighted by atomic mass is 9.99. The van der Waals surface area contributed by atoms with Crippen LogP contribution >= 0.6 is 0 Å². The van der Waals surface area contributed by atoms with Gasteiger partial charge in [0.05, 0.1) is 13.2 Å². The van der Waals surface area contributed by atoms with Crippen LogP contribution in [-0.4, -0.2) is 43.3 Å². The third-order valence-corrected chi connectivity index (χ3v) is 5.01. The Morgan fingerprint density at radius 3 is 2.68 bits per heavy atom. The number of amides is 2. The minimum absolute atomic E-state index is 0.101. The van der Waals surface area contributed by atoms with E-state index in [2.05, 4.69) is 5.32 Å². The van der Waals surface area contributed by atoms with Crippen molar-refractivity contribution in [3.63, 3.8) is 0 Å². The second-order valence-corrected chi connectivity index (χ2v) is 6.96. The molecule has 1 saturated heterocycles. The molecule has 2 heterocycles. The van der Waals surface area contributed by atoms with Crippen LogP contribution in [0.25, 0.3) is 5.57 Å². The molecule has 1 unspecified atom stereocenters. The predicted octanol–water partition coefficient (Wildman–Crippen LogP) is 4.31. The van der Waals surface area contributed by atoms with Gasteiger partial charge in [-0.15, -0.1) is 0 Å². The van der Waals surface area contributed by atoms with E-state index in [1.54, 1.807) is 17.0 Å². The molecule has 2 aliphatic rings. The maximum absolute atomic E-state index is 13.9. The molecule has 1 N–H and O–H groups in total. The average molecular weight is 382 g/mol. The topological polar surface area (TPSA) is 50.8 Å². The van der Waals surface area contributed by atoms with Gasteiger partial charge in [0.1, 0.15) is 17.7 Å². The number of halogens is 1. The highest BCUT2D eigenvalue weighted by Gasteiger charge is 2.20. The van der Waals surface area contributed by atoms with Crippen molar-refractivity contribution < 1.29 is 18.7 Å². The van der Waals surface area contributed by atoms with Gasteiger partial charge in [-0.3, -0.25) is 0 Å². The fourth-order valence-corrected chi connectivity index (χ4v) is 3.44. The van der Waals surface area contributed by atoms with E-state index in [1.807, 2.05) is 36.4 Å². The Balaban J connectivity index is 1.32. The van der Waals surface area contributed by atoms with Gasteiger partial charge in [-0.05, 0) is 42.3 Å². The summed E-state index contributed by atoms with van der Waals surface area (Å²) in [5, 5.41) is 2.90. The zero-order valence-electron chi connectivity index (χ0n) is 15.6. The summed E-state index contributed by atoms with van der Waals surface area (Å²) in [4.78, 5) is 14.2. The number of hydrogen-bond donors (Lipinski definition) is 1. The van der Waals surface area contributed by atoms with Crippen molar-refractivity contribution in [2.45, 2.75) is 18.9 Å². The number of carbonyl (C=O) groups is 1. The Morgan fingerprint density at radius 2 is 2.00 bits per heavy atom. The fraction of sp³-hybridized carbons (Fsp3) is 0.318. The lowest BCUT2D eigenvalue weighted by Gasteiger charge is -2.27. The standard InChI is InChI=1S/C22H23FN2O3/c23-21-4-2-1-3-20(21)16-9-12-25(13-10-16)22(26)24-17-5-7-18(8-6-17)28-19-11-14-27-15-19/h1-9,19H,10-15H2,(H,24,26). The first kappa shape index (κ1) is 18.5. The van der Waals surface area contributed by atoms with E-state index in [9.17, 15) is 9.18 Å². The molecule has 6 heteroatoms. The van der Waals surface area contributed by atoms with Crippen molar-refractivity contribution in [2.24, 2.45) is 0 Å². The van der Waals surface area contributed by atoms with E-state index >= 15 is 0 Å². The molecule has 0 spiro atoms. The third kappa shape index (κ3) is 4.34. The number of carbonyl (C=O) groups excluding carboxylic acids is 1. The SMILES string of the molecule is O=C(Nc1ccc(OC2CCOC2)cc1)N1CC=C(c2ccccc2F)CC1. The summed E-state index contributed by atoms with van der Waals surface area (Å²) in [6.07, 6.45) is 3.55. The van der Waals surface area contributed by atoms with Crippen LogP contribution in [0.4, 0.5) is 14.9 Å². The van der Waals surface area contributed by atoms with E-state index in [0.717, 1.165) is 24.4 Å². The van der Waals surface area contributed by atoms with Gasteiger partial charge < -0.3 is 19.7 Å². The van der Waals surface area contributed by atoms with Gasteiger partial charge in [-0.2, -0.15) is 0 Å². The molecule has 2 amide bonds. The Hall–Kier alpha value is -2.86. The van der Waals surface area contributed by atoms with E-state index in [4.69, 9.17) is 9.47 Å². The van der Waals surface area contributed by atoms with Gasteiger partial charge in [0.2, 0.25) is 0 Å². The van der Waals surface area contributed by atoms with Crippen LogP contribution < -0.4 is 10.1 Å². The summed E-state index contributed by atoms with van der Waals surface area (Å²) >= 11 is 0. The number of anilines is 1. The quantitative estimate of drug-likeness (QED) is 0.857. The van der Waals surface area contributed by atoms with Crippen molar-refractivity contribution in [1.29, 1.82) is 0 Å². The van der Waals surface area contributed by atoms with E-state index < -0.39 is 0 Å². The third-order valence-electron chi connectivity index (χ3n) is 5.01. The van der Waals surface area contributed by atoms with Gasteiger partial charge in [-0.25, -0.2) is 9.18 Å². The Labute approximate surface area is 163 Å². The van der Waals surface area contributed by atoms with Crippen LogP contribution in [0.15, 0.2) is 54.6 Å². The number of rotatable bonds is 4. The maximum atomic E-state index is 13.9. The molecule has 2 aromatic rings. The Bertz CT molecular complexity index is 860. The molecule has 2 aromatic carbocycles. The maximum Gasteiger partial charge on any atom is 0.322 e. The smallest absolute Gasteiger partial charge is 0.322 e. The molecule has 0 saturated carbocycles. The Kier molecular flexibility index (Phi) is 5.58. The molecule has 1 fully saturated rings. The molecule has 4 rings (SSSR count).